The lowest BCUT2D eigenvalue weighted by atomic mass is 9.88. The van der Waals surface area contributed by atoms with Crippen LogP contribution >= 0.6 is 11.6 Å². The molecule has 0 spiro atoms. The van der Waals surface area contributed by atoms with Crippen molar-refractivity contribution in [1.29, 1.82) is 0 Å². The predicted molar refractivity (Wildman–Crippen MR) is 146 cm³/mol. The number of halogens is 1. The fourth-order valence-electron chi connectivity index (χ4n) is 4.51. The number of nitrogens with zero attached hydrogens (tertiary/aromatic N) is 1. The number of likely N-dealkylation sites (N-methyl/N-ethyl adjacent to an activating group) is 1. The fraction of sp³-hybridized carbons (Fsp3) is 0.407. The lowest BCUT2D eigenvalue weighted by Gasteiger charge is -2.28. The van der Waals surface area contributed by atoms with Crippen molar-refractivity contribution in [3.05, 3.63) is 64.7 Å². The Morgan fingerprint density at radius 1 is 1.08 bits per heavy atom. The summed E-state index contributed by atoms with van der Waals surface area (Å²) in [7, 11) is 1.57. The van der Waals surface area contributed by atoms with E-state index < -0.39 is 43.0 Å². The van der Waals surface area contributed by atoms with Crippen molar-refractivity contribution in [2.24, 2.45) is 0 Å². The Morgan fingerprint density at radius 3 is 2.36 bits per heavy atom. The number of carboxylic acids is 1. The van der Waals surface area contributed by atoms with Gasteiger partial charge in [-0.3, -0.25) is 4.79 Å². The summed E-state index contributed by atoms with van der Waals surface area (Å²) in [6.45, 7) is 0.0244. The number of benzene rings is 2. The molecule has 2 aliphatic rings. The Kier molecular flexibility index (Phi) is 10.8. The Balaban J connectivity index is 0.000000276. The molecule has 0 radical (unpaired) electrons. The minimum absolute atomic E-state index is 0.0573. The Morgan fingerprint density at radius 2 is 1.74 bits per heavy atom. The van der Waals surface area contributed by atoms with E-state index in [-0.39, 0.29) is 18.9 Å². The highest BCUT2D eigenvalue weighted by Crippen LogP contribution is 2.40. The van der Waals surface area contributed by atoms with Crippen molar-refractivity contribution in [3.63, 3.8) is 0 Å². The topological polar surface area (TPSA) is 183 Å². The van der Waals surface area contributed by atoms with E-state index >= 15 is 0 Å². The van der Waals surface area contributed by atoms with E-state index in [0.717, 1.165) is 16.8 Å². The van der Waals surface area contributed by atoms with Crippen LogP contribution in [0.15, 0.2) is 54.1 Å². The highest BCUT2D eigenvalue weighted by Gasteiger charge is 2.35. The van der Waals surface area contributed by atoms with Crippen LogP contribution in [0.25, 0.3) is 5.57 Å². The first-order valence-electron chi connectivity index (χ1n) is 12.4. The first-order valence-corrected chi connectivity index (χ1v) is 12.8. The number of aliphatic hydroxyl groups is 5. The summed E-state index contributed by atoms with van der Waals surface area (Å²) in [5.41, 5.74) is 3.85. The quantitative estimate of drug-likeness (QED) is 0.210. The monoisotopic (exact) mass is 563 g/mol. The molecule has 5 atom stereocenters. The number of amides is 1. The van der Waals surface area contributed by atoms with E-state index in [9.17, 15) is 19.8 Å². The van der Waals surface area contributed by atoms with E-state index in [4.69, 9.17) is 32.0 Å². The molecule has 1 saturated heterocycles. The molecule has 2 aromatic carbocycles. The number of anilines is 2. The largest absolute Gasteiger partial charge is 0.480 e. The van der Waals surface area contributed by atoms with E-state index in [0.29, 0.717) is 29.2 Å². The normalized spacial score (nSPS) is 21.7. The first kappa shape index (κ1) is 30.5. The zero-order valence-corrected chi connectivity index (χ0v) is 22.1. The number of nitrogens with one attached hydrogen (secondary N) is 2. The fourth-order valence-corrected chi connectivity index (χ4v) is 4.68. The third-order valence-electron chi connectivity index (χ3n) is 6.60. The van der Waals surface area contributed by atoms with Crippen LogP contribution < -0.4 is 15.5 Å². The zero-order valence-electron chi connectivity index (χ0n) is 21.4. The summed E-state index contributed by atoms with van der Waals surface area (Å²) in [6, 6.07) is 14.1. The van der Waals surface area contributed by atoms with Crippen molar-refractivity contribution in [1.82, 2.24) is 5.32 Å². The molecule has 4 rings (SSSR count). The summed E-state index contributed by atoms with van der Waals surface area (Å²) >= 11 is 6.06. The lowest BCUT2D eigenvalue weighted by molar-refractivity contribution is -0.137. The van der Waals surface area contributed by atoms with Crippen molar-refractivity contribution in [2.75, 3.05) is 37.0 Å². The molecule has 0 bridgehead atoms. The van der Waals surface area contributed by atoms with Crippen LogP contribution in [0, 0.1) is 0 Å². The summed E-state index contributed by atoms with van der Waals surface area (Å²) < 4.78 is 0. The number of carbonyl (C=O) groups excluding carboxylic acids is 1. The molecule has 0 saturated carbocycles. The van der Waals surface area contributed by atoms with Gasteiger partial charge in [0.2, 0.25) is 0 Å². The summed E-state index contributed by atoms with van der Waals surface area (Å²) in [4.78, 5) is 26.3. The molecule has 2 heterocycles. The summed E-state index contributed by atoms with van der Waals surface area (Å²) in [6.07, 6.45) is -4.78. The molecule has 39 heavy (non-hydrogen) atoms. The maximum absolute atomic E-state index is 13.0. The van der Waals surface area contributed by atoms with Gasteiger partial charge in [-0.2, -0.15) is 0 Å². The number of hydrogen-bond acceptors (Lipinski definition) is 9. The van der Waals surface area contributed by atoms with E-state index in [1.807, 2.05) is 36.4 Å². The molecule has 2 aromatic rings. The van der Waals surface area contributed by atoms with Crippen molar-refractivity contribution < 1.29 is 40.2 Å². The summed E-state index contributed by atoms with van der Waals surface area (Å²) in [5, 5.41) is 60.5. The minimum atomic E-state index is -1.55. The Labute approximate surface area is 231 Å². The smallest absolute Gasteiger partial charge is 0.326 e. The molecule has 1 fully saturated rings. The third-order valence-corrected chi connectivity index (χ3v) is 6.84. The average molecular weight is 564 g/mol. The molecule has 1 unspecified atom stereocenters. The number of carbonyl (C=O) groups is 2. The molecule has 0 aromatic heterocycles. The van der Waals surface area contributed by atoms with Gasteiger partial charge in [0.05, 0.1) is 12.7 Å². The molecule has 212 valence electrons. The number of carboxylic acid groups (broad SMARTS) is 1. The number of rotatable bonds is 8. The van der Waals surface area contributed by atoms with E-state index in [1.54, 1.807) is 24.1 Å². The van der Waals surface area contributed by atoms with Crippen LogP contribution in [0.1, 0.15) is 18.4 Å². The Bertz CT molecular complexity index is 1180. The van der Waals surface area contributed by atoms with Gasteiger partial charge in [0.1, 0.15) is 24.4 Å². The number of aliphatic carboxylic acids is 1. The molecule has 12 heteroatoms. The Hall–Kier alpha value is -3.03. The van der Waals surface area contributed by atoms with E-state index in [2.05, 4.69) is 10.6 Å². The summed E-state index contributed by atoms with van der Waals surface area (Å²) in [5.74, 6) is -1.00. The molecule has 11 nitrogen and oxygen atoms in total. The molecule has 1 amide bonds. The second-order valence-corrected chi connectivity index (χ2v) is 9.72. The highest BCUT2D eigenvalue weighted by molar-refractivity contribution is 6.31. The van der Waals surface area contributed by atoms with E-state index in [1.165, 1.54) is 0 Å². The van der Waals surface area contributed by atoms with Gasteiger partial charge in [-0.05, 0) is 43.3 Å². The van der Waals surface area contributed by atoms with Crippen LogP contribution in [-0.4, -0.2) is 99.7 Å². The number of fused-ring (bicyclic) bond motifs is 1. The SMILES string of the molecule is CNC[C@H](O)[C@@H](O)[C@H](O)[C@H](O)CO.O=C(O)C1C/C(=C2/CCN(c3ccccc3)C2=O)c2ccc(Cl)cc2N1. The van der Waals surface area contributed by atoms with Gasteiger partial charge in [-0.25, -0.2) is 4.79 Å². The maximum atomic E-state index is 13.0. The molecular formula is C27H34ClN3O8. The second kappa shape index (κ2) is 13.9. The van der Waals surface area contributed by atoms with Gasteiger partial charge in [-0.1, -0.05) is 35.9 Å². The number of para-hydroxylation sites is 1. The van der Waals surface area contributed by atoms with Gasteiger partial charge in [0, 0.05) is 47.0 Å². The highest BCUT2D eigenvalue weighted by atomic mass is 35.5. The first-order chi connectivity index (χ1) is 18.6. The van der Waals surface area contributed by atoms with Crippen LogP contribution in [0.5, 0.6) is 0 Å². The second-order valence-electron chi connectivity index (χ2n) is 9.28. The molecule has 2 aliphatic heterocycles. The van der Waals surface area contributed by atoms with Crippen LogP contribution in [0.4, 0.5) is 11.4 Å². The van der Waals surface area contributed by atoms with Crippen molar-refractivity contribution in [3.8, 4) is 0 Å². The minimum Gasteiger partial charge on any atom is -0.480 e. The zero-order chi connectivity index (χ0) is 28.7. The number of aliphatic hydroxyl groups excluding tert-OH is 5. The van der Waals surface area contributed by atoms with Crippen LogP contribution in [0.2, 0.25) is 5.02 Å². The standard InChI is InChI=1S/C20H17ClN2O3.C7H17NO5/c21-12-6-7-14-16(11-18(20(25)26)22-17(14)10-12)15-8-9-23(19(15)24)13-4-2-1-3-5-13;1-8-2-4(10)6(12)7(13)5(11)3-9/h1-7,10,18,22H,8-9,11H2,(H,25,26);4-13H,2-3H2,1H3/b16-15+;/t;4-,5+,6+,7+/m.0/s1. The van der Waals surface area contributed by atoms with Gasteiger partial charge >= 0.3 is 5.97 Å². The van der Waals surface area contributed by atoms with Crippen LogP contribution in [0.3, 0.4) is 0 Å². The van der Waals surface area contributed by atoms with Crippen molar-refractivity contribution in [2.45, 2.75) is 43.3 Å². The number of hydrogen-bond donors (Lipinski definition) is 8. The molecular weight excluding hydrogens is 530 g/mol. The molecule has 0 aliphatic carbocycles. The van der Waals surface area contributed by atoms with Gasteiger partial charge < -0.3 is 46.2 Å². The molecule has 8 N–H and O–H groups in total. The lowest BCUT2D eigenvalue weighted by Crippen LogP contribution is -2.48. The van der Waals surface area contributed by atoms with Gasteiger partial charge in [0.15, 0.2) is 0 Å². The van der Waals surface area contributed by atoms with Gasteiger partial charge in [0.25, 0.3) is 5.91 Å². The average Bonchev–Trinajstić information content (AvgIpc) is 3.32. The predicted octanol–water partition coefficient (Wildman–Crippen LogP) is 0.441. The maximum Gasteiger partial charge on any atom is 0.326 e. The van der Waals surface area contributed by atoms with Crippen molar-refractivity contribution >= 4 is 40.4 Å². The van der Waals surface area contributed by atoms with Crippen LogP contribution in [-0.2, 0) is 9.59 Å². The van der Waals surface area contributed by atoms with Gasteiger partial charge in [-0.15, -0.1) is 0 Å². The third kappa shape index (κ3) is 7.34.